The fourth-order valence-electron chi connectivity index (χ4n) is 6.18. The summed E-state index contributed by atoms with van der Waals surface area (Å²) in [6.07, 6.45) is 5.00. The van der Waals surface area contributed by atoms with E-state index in [0.29, 0.717) is 23.6 Å². The highest BCUT2D eigenvalue weighted by molar-refractivity contribution is 5.91. The summed E-state index contributed by atoms with van der Waals surface area (Å²) in [5, 5.41) is 2.75. The van der Waals surface area contributed by atoms with E-state index in [0.717, 1.165) is 48.8 Å². The Bertz CT molecular complexity index is 1590. The van der Waals surface area contributed by atoms with Crippen molar-refractivity contribution in [2.45, 2.75) is 58.2 Å². The normalized spacial score (nSPS) is 16.7. The molecule has 1 atom stereocenters. The Labute approximate surface area is 245 Å². The Hall–Kier alpha value is -4.39. The maximum Gasteiger partial charge on any atom is 0.287 e. The van der Waals surface area contributed by atoms with E-state index in [2.05, 4.69) is 47.5 Å². The van der Waals surface area contributed by atoms with Gasteiger partial charge in [-0.1, -0.05) is 60.9 Å². The highest BCUT2D eigenvalue weighted by Gasteiger charge is 2.36. The molecule has 1 fully saturated rings. The summed E-state index contributed by atoms with van der Waals surface area (Å²) in [6.45, 7) is 3.13. The number of benzene rings is 3. The van der Waals surface area contributed by atoms with Gasteiger partial charge < -0.3 is 19.4 Å². The SMILES string of the molecule is Cc1cccc(C2c3cc(OCc4ccc(C(=O)NCc5cccc(F)c5)o4)ccc3CCN2C(=O)C2CCCC2)c1. The van der Waals surface area contributed by atoms with Gasteiger partial charge >= 0.3 is 0 Å². The number of carbonyl (C=O) groups is 2. The van der Waals surface area contributed by atoms with Gasteiger partial charge in [-0.05, 0) is 84.8 Å². The molecular weight excluding hydrogens is 531 g/mol. The predicted octanol–water partition coefficient (Wildman–Crippen LogP) is 6.90. The first-order valence-corrected chi connectivity index (χ1v) is 14.7. The van der Waals surface area contributed by atoms with Crippen LogP contribution in [0.15, 0.2) is 83.3 Å². The van der Waals surface area contributed by atoms with Crippen LogP contribution < -0.4 is 10.1 Å². The minimum Gasteiger partial charge on any atom is -0.486 e. The van der Waals surface area contributed by atoms with Crippen LogP contribution in [0, 0.1) is 18.7 Å². The Balaban J connectivity index is 1.17. The number of amides is 2. The van der Waals surface area contributed by atoms with Gasteiger partial charge in [0.05, 0.1) is 6.04 Å². The van der Waals surface area contributed by atoms with E-state index in [1.54, 1.807) is 24.3 Å². The van der Waals surface area contributed by atoms with Crippen molar-refractivity contribution in [2.24, 2.45) is 5.92 Å². The van der Waals surface area contributed by atoms with E-state index in [1.807, 2.05) is 12.1 Å². The second-order valence-corrected chi connectivity index (χ2v) is 11.3. The molecule has 1 unspecified atom stereocenters. The lowest BCUT2D eigenvalue weighted by atomic mass is 9.86. The summed E-state index contributed by atoms with van der Waals surface area (Å²) in [7, 11) is 0. The zero-order valence-corrected chi connectivity index (χ0v) is 23.8. The molecule has 2 amide bonds. The Kier molecular flexibility index (Phi) is 8.08. The number of halogens is 1. The van der Waals surface area contributed by atoms with Crippen LogP contribution in [0.4, 0.5) is 4.39 Å². The summed E-state index contributed by atoms with van der Waals surface area (Å²) in [4.78, 5) is 28.3. The molecule has 0 radical (unpaired) electrons. The molecule has 1 N–H and O–H groups in total. The van der Waals surface area contributed by atoms with Crippen molar-refractivity contribution < 1.29 is 23.1 Å². The number of nitrogens with zero attached hydrogens (tertiary/aromatic N) is 1. The standard InChI is InChI=1S/C35H35FN2O4/c1-23-6-4-10-27(18-23)33-31-20-29(13-12-25(31)16-17-38(33)35(40)26-8-2-3-9-26)41-22-30-14-15-32(42-30)34(39)37-21-24-7-5-11-28(36)19-24/h4-7,10-15,18-20,26,33H,2-3,8-9,16-17,21-22H2,1H3,(H,37,39). The Morgan fingerprint density at radius 3 is 2.64 bits per heavy atom. The monoisotopic (exact) mass is 566 g/mol. The van der Waals surface area contributed by atoms with Crippen molar-refractivity contribution in [1.82, 2.24) is 10.2 Å². The lowest BCUT2D eigenvalue weighted by Gasteiger charge is -2.39. The molecule has 6 nitrogen and oxygen atoms in total. The number of nitrogens with one attached hydrogen (secondary N) is 1. The van der Waals surface area contributed by atoms with E-state index in [4.69, 9.17) is 9.15 Å². The number of rotatable bonds is 8. The number of hydrogen-bond donors (Lipinski definition) is 1. The van der Waals surface area contributed by atoms with Crippen LogP contribution in [-0.4, -0.2) is 23.3 Å². The van der Waals surface area contributed by atoms with Crippen LogP contribution in [0.25, 0.3) is 0 Å². The van der Waals surface area contributed by atoms with Gasteiger partial charge in [0.25, 0.3) is 5.91 Å². The van der Waals surface area contributed by atoms with Crippen LogP contribution >= 0.6 is 0 Å². The molecule has 3 aromatic carbocycles. The van der Waals surface area contributed by atoms with Gasteiger partial charge in [0.1, 0.15) is 23.9 Å². The van der Waals surface area contributed by atoms with Crippen molar-refractivity contribution in [3.05, 3.63) is 124 Å². The molecule has 2 aliphatic rings. The molecule has 0 bridgehead atoms. The first-order chi connectivity index (χ1) is 20.4. The average molecular weight is 567 g/mol. The number of carbonyl (C=O) groups excluding carboxylic acids is 2. The van der Waals surface area contributed by atoms with Crippen molar-refractivity contribution in [1.29, 1.82) is 0 Å². The van der Waals surface area contributed by atoms with Crippen LogP contribution in [0.5, 0.6) is 5.75 Å². The van der Waals surface area contributed by atoms with Crippen molar-refractivity contribution >= 4 is 11.8 Å². The molecule has 4 aromatic rings. The lowest BCUT2D eigenvalue weighted by Crippen LogP contribution is -2.43. The topological polar surface area (TPSA) is 71.8 Å². The van der Waals surface area contributed by atoms with Crippen molar-refractivity contribution in [3.8, 4) is 5.75 Å². The Morgan fingerprint density at radius 1 is 1.00 bits per heavy atom. The minimum absolute atomic E-state index is 0.109. The van der Waals surface area contributed by atoms with Gasteiger partial charge in [-0.15, -0.1) is 0 Å². The first-order valence-electron chi connectivity index (χ1n) is 14.7. The summed E-state index contributed by atoms with van der Waals surface area (Å²) in [5.41, 5.74) is 5.25. The quantitative estimate of drug-likeness (QED) is 0.252. The van der Waals surface area contributed by atoms with E-state index in [1.165, 1.54) is 17.7 Å². The van der Waals surface area contributed by atoms with E-state index in [9.17, 15) is 14.0 Å². The second kappa shape index (κ2) is 12.2. The summed E-state index contributed by atoms with van der Waals surface area (Å²) in [6, 6.07) is 23.8. The molecule has 1 aliphatic heterocycles. The third-order valence-electron chi connectivity index (χ3n) is 8.30. The number of hydrogen-bond acceptors (Lipinski definition) is 4. The third-order valence-corrected chi connectivity index (χ3v) is 8.30. The van der Waals surface area contributed by atoms with Gasteiger partial charge in [0, 0.05) is 19.0 Å². The fourth-order valence-corrected chi connectivity index (χ4v) is 6.18. The van der Waals surface area contributed by atoms with Crippen LogP contribution in [0.1, 0.15) is 75.9 Å². The van der Waals surface area contributed by atoms with E-state index in [-0.39, 0.29) is 48.5 Å². The molecule has 1 aromatic heterocycles. The summed E-state index contributed by atoms with van der Waals surface area (Å²) in [5.74, 6) is 0.988. The molecule has 6 rings (SSSR count). The van der Waals surface area contributed by atoms with Crippen LogP contribution in [0.2, 0.25) is 0 Å². The molecule has 0 saturated heterocycles. The average Bonchev–Trinajstić information content (AvgIpc) is 3.71. The number of fused-ring (bicyclic) bond motifs is 1. The number of aryl methyl sites for hydroxylation is 1. The van der Waals surface area contributed by atoms with Gasteiger partial charge in [-0.3, -0.25) is 9.59 Å². The van der Waals surface area contributed by atoms with E-state index < -0.39 is 0 Å². The molecule has 1 saturated carbocycles. The van der Waals surface area contributed by atoms with Gasteiger partial charge in [0.15, 0.2) is 5.76 Å². The third kappa shape index (κ3) is 6.10. The molecular formula is C35H35FN2O4. The maximum absolute atomic E-state index is 13.7. The van der Waals surface area contributed by atoms with Crippen molar-refractivity contribution in [3.63, 3.8) is 0 Å². The maximum atomic E-state index is 13.7. The molecule has 7 heteroatoms. The predicted molar refractivity (Wildman–Crippen MR) is 157 cm³/mol. The zero-order valence-electron chi connectivity index (χ0n) is 23.8. The van der Waals surface area contributed by atoms with E-state index >= 15 is 0 Å². The second-order valence-electron chi connectivity index (χ2n) is 11.3. The molecule has 2 heterocycles. The summed E-state index contributed by atoms with van der Waals surface area (Å²) >= 11 is 0. The molecule has 0 spiro atoms. The molecule has 1 aliphatic carbocycles. The lowest BCUT2D eigenvalue weighted by molar-refractivity contribution is -0.137. The highest BCUT2D eigenvalue weighted by Crippen LogP contribution is 2.40. The smallest absolute Gasteiger partial charge is 0.287 e. The van der Waals surface area contributed by atoms with Crippen LogP contribution in [-0.2, 0) is 24.4 Å². The number of furan rings is 1. The highest BCUT2D eigenvalue weighted by atomic mass is 19.1. The molecule has 216 valence electrons. The first kappa shape index (κ1) is 27.8. The van der Waals surface area contributed by atoms with Crippen LogP contribution in [0.3, 0.4) is 0 Å². The van der Waals surface area contributed by atoms with Gasteiger partial charge in [0.2, 0.25) is 5.91 Å². The van der Waals surface area contributed by atoms with Gasteiger partial charge in [-0.25, -0.2) is 4.39 Å². The Morgan fingerprint density at radius 2 is 1.83 bits per heavy atom. The minimum atomic E-state index is -0.382. The van der Waals surface area contributed by atoms with Crippen molar-refractivity contribution in [2.75, 3.05) is 6.54 Å². The fraction of sp³-hybridized carbons (Fsp3) is 0.314. The van der Waals surface area contributed by atoms with Gasteiger partial charge in [-0.2, -0.15) is 0 Å². The zero-order chi connectivity index (χ0) is 29.1. The number of ether oxygens (including phenoxy) is 1. The largest absolute Gasteiger partial charge is 0.486 e. The molecule has 42 heavy (non-hydrogen) atoms. The summed E-state index contributed by atoms with van der Waals surface area (Å²) < 4.78 is 25.3.